The maximum Gasteiger partial charge on any atom is 0.305 e. The van der Waals surface area contributed by atoms with Gasteiger partial charge in [-0.3, -0.25) is 9.59 Å². The molecule has 0 aliphatic carbocycles. The number of allylic oxidation sites excluding steroid dienone is 6. The number of rotatable bonds is 65. The van der Waals surface area contributed by atoms with Crippen LogP contribution in [-0.2, 0) is 14.3 Å². The predicted molar refractivity (Wildman–Crippen MR) is 338 cm³/mol. The minimum atomic E-state index is -0.664. The molecule has 0 aromatic heterocycles. The van der Waals surface area contributed by atoms with Crippen LogP contribution in [0.4, 0.5) is 0 Å². The van der Waals surface area contributed by atoms with Gasteiger partial charge < -0.3 is 20.3 Å². The van der Waals surface area contributed by atoms with Crippen LogP contribution in [0, 0.1) is 0 Å². The summed E-state index contributed by atoms with van der Waals surface area (Å²) in [5.41, 5.74) is 0. The van der Waals surface area contributed by atoms with E-state index in [1.54, 1.807) is 0 Å². The second-order valence-corrected chi connectivity index (χ2v) is 23.9. The second-order valence-electron chi connectivity index (χ2n) is 23.9. The van der Waals surface area contributed by atoms with Crippen molar-refractivity contribution in [3.63, 3.8) is 0 Å². The maximum atomic E-state index is 12.5. The molecule has 77 heavy (non-hydrogen) atoms. The number of hydrogen-bond donors (Lipinski definition) is 3. The molecule has 0 fully saturated rings. The summed E-state index contributed by atoms with van der Waals surface area (Å²) in [6.07, 6.45) is 84.7. The van der Waals surface area contributed by atoms with E-state index in [1.165, 1.54) is 295 Å². The first-order chi connectivity index (χ1) is 38.0. The first-order valence-corrected chi connectivity index (χ1v) is 34.7. The Bertz CT molecular complexity index is 1250. The summed E-state index contributed by atoms with van der Waals surface area (Å²) in [7, 11) is 0. The van der Waals surface area contributed by atoms with Crippen molar-refractivity contribution in [1.29, 1.82) is 0 Å². The fourth-order valence-electron chi connectivity index (χ4n) is 10.8. The van der Waals surface area contributed by atoms with E-state index < -0.39 is 12.1 Å². The lowest BCUT2D eigenvalue weighted by molar-refractivity contribution is -0.143. The summed E-state index contributed by atoms with van der Waals surface area (Å²) in [6.45, 7) is 4.96. The summed E-state index contributed by atoms with van der Waals surface area (Å²) >= 11 is 0. The number of aliphatic hydroxyl groups excluding tert-OH is 2. The van der Waals surface area contributed by atoms with Crippen LogP contribution in [0.2, 0.25) is 0 Å². The largest absolute Gasteiger partial charge is 0.466 e. The van der Waals surface area contributed by atoms with Gasteiger partial charge in [-0.25, -0.2) is 0 Å². The lowest BCUT2D eigenvalue weighted by Crippen LogP contribution is -2.45. The topological polar surface area (TPSA) is 95.9 Å². The molecule has 454 valence electrons. The van der Waals surface area contributed by atoms with E-state index in [2.05, 4.69) is 55.6 Å². The van der Waals surface area contributed by atoms with Gasteiger partial charge in [-0.15, -0.1) is 0 Å². The van der Waals surface area contributed by atoms with Crippen molar-refractivity contribution in [2.45, 2.75) is 392 Å². The fourth-order valence-corrected chi connectivity index (χ4v) is 10.8. The van der Waals surface area contributed by atoms with Gasteiger partial charge in [0, 0.05) is 12.8 Å². The molecule has 0 aromatic carbocycles. The molecular weight excluding hydrogens is 947 g/mol. The van der Waals surface area contributed by atoms with E-state index in [0.717, 1.165) is 51.4 Å². The van der Waals surface area contributed by atoms with Crippen molar-refractivity contribution in [2.24, 2.45) is 0 Å². The van der Waals surface area contributed by atoms with E-state index in [9.17, 15) is 19.8 Å². The Hall–Kier alpha value is -1.92. The molecule has 1 amide bonds. The molecule has 0 saturated carbocycles. The van der Waals surface area contributed by atoms with Crippen molar-refractivity contribution in [1.82, 2.24) is 5.32 Å². The highest BCUT2D eigenvalue weighted by atomic mass is 16.5. The van der Waals surface area contributed by atoms with E-state index in [0.29, 0.717) is 25.9 Å². The Morgan fingerprint density at radius 2 is 0.649 bits per heavy atom. The predicted octanol–water partition coefficient (Wildman–Crippen LogP) is 22.3. The Labute approximate surface area is 481 Å². The fraction of sp³-hybridized carbons (Fsp3) is 0.887. The van der Waals surface area contributed by atoms with Crippen LogP contribution >= 0.6 is 0 Å². The van der Waals surface area contributed by atoms with E-state index in [4.69, 9.17) is 4.74 Å². The first-order valence-electron chi connectivity index (χ1n) is 34.7. The third kappa shape index (κ3) is 63.1. The van der Waals surface area contributed by atoms with Gasteiger partial charge in [-0.1, -0.05) is 320 Å². The second kappa shape index (κ2) is 66.6. The van der Waals surface area contributed by atoms with Crippen molar-refractivity contribution >= 4 is 11.9 Å². The molecule has 0 aliphatic heterocycles. The molecule has 0 aliphatic rings. The highest BCUT2D eigenvalue weighted by Gasteiger charge is 2.20. The summed E-state index contributed by atoms with van der Waals surface area (Å²) in [4.78, 5) is 24.5. The quantitative estimate of drug-likeness (QED) is 0.0320. The zero-order chi connectivity index (χ0) is 55.7. The summed E-state index contributed by atoms with van der Waals surface area (Å²) in [6, 6.07) is -0.541. The zero-order valence-corrected chi connectivity index (χ0v) is 52.0. The normalized spacial score (nSPS) is 12.7. The van der Waals surface area contributed by atoms with Gasteiger partial charge in [0.1, 0.15) is 0 Å². The van der Waals surface area contributed by atoms with Gasteiger partial charge in [0.05, 0.1) is 25.4 Å². The van der Waals surface area contributed by atoms with Crippen LogP contribution in [0.15, 0.2) is 36.5 Å². The number of carbonyl (C=O) groups excluding carboxylic acids is 2. The molecule has 0 rings (SSSR count). The minimum absolute atomic E-state index is 0.00415. The van der Waals surface area contributed by atoms with Crippen LogP contribution in [0.5, 0.6) is 0 Å². The number of ether oxygens (including phenoxy) is 1. The molecule has 0 spiro atoms. The Morgan fingerprint density at radius 1 is 0.364 bits per heavy atom. The average Bonchev–Trinajstić information content (AvgIpc) is 3.43. The molecule has 0 heterocycles. The Kier molecular flexibility index (Phi) is 64.9. The molecule has 0 saturated heterocycles. The number of hydrogen-bond acceptors (Lipinski definition) is 5. The van der Waals surface area contributed by atoms with Crippen molar-refractivity contribution in [2.75, 3.05) is 13.2 Å². The molecular formula is C71H135NO5. The number of esters is 1. The lowest BCUT2D eigenvalue weighted by atomic mass is 10.0. The van der Waals surface area contributed by atoms with Crippen LogP contribution < -0.4 is 5.32 Å². The molecule has 0 aromatic rings. The first kappa shape index (κ1) is 75.1. The average molecular weight is 1080 g/mol. The van der Waals surface area contributed by atoms with E-state index >= 15 is 0 Å². The molecule has 0 bridgehead atoms. The lowest BCUT2D eigenvalue weighted by Gasteiger charge is -2.22. The van der Waals surface area contributed by atoms with Crippen molar-refractivity contribution in [3.8, 4) is 0 Å². The van der Waals surface area contributed by atoms with Crippen molar-refractivity contribution < 1.29 is 24.5 Å². The van der Waals surface area contributed by atoms with Gasteiger partial charge in [0.2, 0.25) is 5.91 Å². The highest BCUT2D eigenvalue weighted by Crippen LogP contribution is 2.18. The number of amides is 1. The molecule has 6 nitrogen and oxygen atoms in total. The SMILES string of the molecule is CCCCCC/C=C\CCCCCCCC(=O)OCCCCCCCCCCC/C=C\C/C=C\CCCCCCCCCCCCCCCCCC(=O)NC(CO)C(O)CCCCCCCCCCCCCCCCCC. The molecule has 6 heteroatoms. The van der Waals surface area contributed by atoms with Gasteiger partial charge in [0.25, 0.3) is 0 Å². The highest BCUT2D eigenvalue weighted by molar-refractivity contribution is 5.76. The monoisotopic (exact) mass is 1080 g/mol. The van der Waals surface area contributed by atoms with Gasteiger partial charge in [-0.2, -0.15) is 0 Å². The molecule has 2 unspecified atom stereocenters. The van der Waals surface area contributed by atoms with Crippen LogP contribution in [0.25, 0.3) is 0 Å². The van der Waals surface area contributed by atoms with Gasteiger partial charge >= 0.3 is 5.97 Å². The van der Waals surface area contributed by atoms with E-state index in [-0.39, 0.29) is 18.5 Å². The summed E-state index contributed by atoms with van der Waals surface area (Å²) < 4.78 is 5.47. The number of unbranched alkanes of at least 4 members (excludes halogenated alkanes) is 48. The minimum Gasteiger partial charge on any atom is -0.466 e. The molecule has 0 radical (unpaired) electrons. The Morgan fingerprint density at radius 3 is 1.01 bits per heavy atom. The maximum absolute atomic E-state index is 12.5. The van der Waals surface area contributed by atoms with Gasteiger partial charge in [-0.05, 0) is 83.5 Å². The molecule has 2 atom stereocenters. The van der Waals surface area contributed by atoms with Crippen molar-refractivity contribution in [3.05, 3.63) is 36.5 Å². The third-order valence-corrected chi connectivity index (χ3v) is 16.2. The Balaban J connectivity index is 3.39. The van der Waals surface area contributed by atoms with Crippen LogP contribution in [0.3, 0.4) is 0 Å². The summed E-state index contributed by atoms with van der Waals surface area (Å²) in [5, 5.41) is 23.3. The summed E-state index contributed by atoms with van der Waals surface area (Å²) in [5.74, 6) is -0.0275. The van der Waals surface area contributed by atoms with Crippen LogP contribution in [-0.4, -0.2) is 47.4 Å². The molecule has 3 N–H and O–H groups in total. The third-order valence-electron chi connectivity index (χ3n) is 16.2. The number of nitrogens with one attached hydrogen (secondary N) is 1. The zero-order valence-electron chi connectivity index (χ0n) is 52.0. The van der Waals surface area contributed by atoms with E-state index in [1.807, 2.05) is 0 Å². The van der Waals surface area contributed by atoms with Gasteiger partial charge in [0.15, 0.2) is 0 Å². The standard InChI is InChI=1S/C71H135NO5/c1-3-5-7-9-11-13-15-17-18-36-40-43-47-51-55-59-63-69(74)68(67-73)72-70(75)64-60-56-52-48-44-41-37-34-32-30-28-26-24-22-20-19-21-23-25-27-29-31-33-35-38-42-46-50-54-58-62-66-77-71(76)65-61-57-53-49-45-39-16-14-12-10-8-6-4-2/h14,16,21,23,27,29,68-69,73-74H,3-13,15,17-20,22,24-26,28,30-67H2,1-2H3,(H,72,75)/b16-14-,23-21-,29-27-. The number of aliphatic hydroxyl groups is 2. The smallest absolute Gasteiger partial charge is 0.305 e. The van der Waals surface area contributed by atoms with Crippen LogP contribution in [0.1, 0.15) is 380 Å². The number of carbonyl (C=O) groups is 2.